The second-order valence-electron chi connectivity index (χ2n) is 11.6. The summed E-state index contributed by atoms with van der Waals surface area (Å²) >= 11 is 0. The number of hydrogen-bond donors (Lipinski definition) is 0. The van der Waals surface area contributed by atoms with Gasteiger partial charge in [0.15, 0.2) is 0 Å². The molecule has 0 N–H and O–H groups in total. The molecule has 0 aromatic heterocycles. The van der Waals surface area contributed by atoms with Crippen LogP contribution in [0.1, 0.15) is 28.7 Å². The fourth-order valence-corrected chi connectivity index (χ4v) is 5.78. The minimum absolute atomic E-state index is 0.0323. The summed E-state index contributed by atoms with van der Waals surface area (Å²) in [6.07, 6.45) is -0.326. The molecule has 0 amide bonds. The van der Waals surface area contributed by atoms with Crippen LogP contribution in [0.2, 0.25) is 0 Å². The summed E-state index contributed by atoms with van der Waals surface area (Å²) in [5, 5.41) is 0. The average molecular weight is 595 g/mol. The largest absolute Gasteiger partial charge is 0.376 e. The molecule has 1 saturated carbocycles. The zero-order valence-corrected chi connectivity index (χ0v) is 25.1. The summed E-state index contributed by atoms with van der Waals surface area (Å²) in [4.78, 5) is 0. The Morgan fingerprint density at radius 3 is 1.39 bits per heavy atom. The predicted molar refractivity (Wildman–Crippen MR) is 169 cm³/mol. The molecular formula is C38H42O6. The van der Waals surface area contributed by atoms with Gasteiger partial charge in [-0.15, -0.1) is 0 Å². The molecular weight excluding hydrogens is 552 g/mol. The Balaban J connectivity index is 1.26. The van der Waals surface area contributed by atoms with Gasteiger partial charge in [-0.1, -0.05) is 121 Å². The molecule has 4 aromatic carbocycles. The average Bonchev–Trinajstić information content (AvgIpc) is 3.92. The number of rotatable bonds is 16. The molecule has 6 atom stereocenters. The molecule has 4 aromatic rings. The van der Waals surface area contributed by atoms with Crippen molar-refractivity contribution in [3.8, 4) is 0 Å². The van der Waals surface area contributed by atoms with Gasteiger partial charge in [0.1, 0.15) is 18.3 Å². The number of benzene rings is 4. The van der Waals surface area contributed by atoms with Gasteiger partial charge in [0.05, 0.1) is 58.5 Å². The normalized spacial score (nSPS) is 24.6. The van der Waals surface area contributed by atoms with Crippen molar-refractivity contribution in [1.82, 2.24) is 0 Å². The van der Waals surface area contributed by atoms with E-state index in [1.54, 1.807) is 0 Å². The van der Waals surface area contributed by atoms with E-state index in [2.05, 4.69) is 48.5 Å². The first kappa shape index (κ1) is 30.7. The Morgan fingerprint density at radius 2 is 0.909 bits per heavy atom. The van der Waals surface area contributed by atoms with E-state index < -0.39 is 0 Å². The third kappa shape index (κ3) is 9.08. The van der Waals surface area contributed by atoms with Crippen molar-refractivity contribution in [1.29, 1.82) is 0 Å². The summed E-state index contributed by atoms with van der Waals surface area (Å²) in [6.45, 7) is 3.70. The van der Waals surface area contributed by atoms with Crippen LogP contribution in [0.3, 0.4) is 0 Å². The van der Waals surface area contributed by atoms with Crippen molar-refractivity contribution in [3.63, 3.8) is 0 Å². The summed E-state index contributed by atoms with van der Waals surface area (Å²) in [7, 11) is 0. The van der Waals surface area contributed by atoms with E-state index in [1.807, 2.05) is 72.8 Å². The van der Waals surface area contributed by atoms with Crippen molar-refractivity contribution in [3.05, 3.63) is 144 Å². The minimum Gasteiger partial charge on any atom is -0.376 e. The Bertz CT molecular complexity index is 1350. The third-order valence-corrected chi connectivity index (χ3v) is 8.21. The van der Waals surface area contributed by atoms with Crippen molar-refractivity contribution >= 4 is 0 Å². The fraction of sp³-hybridized carbons (Fsp3) is 0.368. The molecule has 5 unspecified atom stereocenters. The standard InChI is InChI=1S/C38H42O6/c1-5-13-29(14-6-1)22-39-26-33-21-35(41-28-34-27-40-34)37(43-24-31-17-9-3-10-18-31)38(44-25-32-19-11-4-12-20-32)36(33)42-23-30-15-7-2-8-16-30/h1-20,33-38H,21-28H2/t33?,34-,35?,36?,37?,38?/m1/s1. The van der Waals surface area contributed by atoms with Gasteiger partial charge in [-0.25, -0.2) is 0 Å². The highest BCUT2D eigenvalue weighted by Crippen LogP contribution is 2.36. The molecule has 0 bridgehead atoms. The Morgan fingerprint density at radius 1 is 0.477 bits per heavy atom. The second-order valence-corrected chi connectivity index (χ2v) is 11.6. The van der Waals surface area contributed by atoms with Crippen LogP contribution in [0.15, 0.2) is 121 Å². The molecule has 2 aliphatic rings. The van der Waals surface area contributed by atoms with Gasteiger partial charge in [0.25, 0.3) is 0 Å². The predicted octanol–water partition coefficient (Wildman–Crippen LogP) is 6.76. The number of ether oxygens (including phenoxy) is 6. The third-order valence-electron chi connectivity index (χ3n) is 8.21. The Hall–Kier alpha value is -3.36. The van der Waals surface area contributed by atoms with E-state index >= 15 is 0 Å². The summed E-state index contributed by atoms with van der Waals surface area (Å²) in [5.41, 5.74) is 4.46. The molecule has 44 heavy (non-hydrogen) atoms. The van der Waals surface area contributed by atoms with Crippen LogP contribution in [0.4, 0.5) is 0 Å². The van der Waals surface area contributed by atoms with Crippen LogP contribution in [-0.2, 0) is 54.8 Å². The maximum absolute atomic E-state index is 6.80. The van der Waals surface area contributed by atoms with Crippen LogP contribution in [0.25, 0.3) is 0 Å². The quantitative estimate of drug-likeness (QED) is 0.134. The second kappa shape index (κ2) is 16.1. The van der Waals surface area contributed by atoms with Crippen molar-refractivity contribution in [2.45, 2.75) is 63.4 Å². The lowest BCUT2D eigenvalue weighted by atomic mass is 9.80. The highest BCUT2D eigenvalue weighted by molar-refractivity contribution is 5.16. The van der Waals surface area contributed by atoms with E-state index in [-0.39, 0.29) is 36.4 Å². The lowest BCUT2D eigenvalue weighted by Crippen LogP contribution is -2.58. The van der Waals surface area contributed by atoms with E-state index in [9.17, 15) is 0 Å². The summed E-state index contributed by atoms with van der Waals surface area (Å²) < 4.78 is 38.7. The Labute approximate surface area is 260 Å². The van der Waals surface area contributed by atoms with Crippen LogP contribution in [-0.4, -0.2) is 50.3 Å². The zero-order valence-electron chi connectivity index (χ0n) is 25.1. The SMILES string of the molecule is c1ccc(COCC2CC(OC[C@H]3CO3)C(OCc3ccccc3)C(OCc3ccccc3)C2OCc2ccccc2)cc1. The molecule has 6 nitrogen and oxygen atoms in total. The molecule has 6 heteroatoms. The highest BCUT2D eigenvalue weighted by atomic mass is 16.6. The molecule has 230 valence electrons. The zero-order chi connectivity index (χ0) is 29.8. The highest BCUT2D eigenvalue weighted by Gasteiger charge is 2.48. The Kier molecular flexibility index (Phi) is 11.2. The lowest BCUT2D eigenvalue weighted by molar-refractivity contribution is -0.233. The van der Waals surface area contributed by atoms with E-state index in [0.29, 0.717) is 39.6 Å². The number of epoxide rings is 1. The topological polar surface area (TPSA) is 58.7 Å². The van der Waals surface area contributed by atoms with Crippen LogP contribution in [0, 0.1) is 5.92 Å². The molecule has 1 saturated heterocycles. The molecule has 1 aliphatic heterocycles. The molecule has 1 aliphatic carbocycles. The van der Waals surface area contributed by atoms with Crippen LogP contribution in [0.5, 0.6) is 0 Å². The van der Waals surface area contributed by atoms with Gasteiger partial charge in [0, 0.05) is 5.92 Å². The van der Waals surface area contributed by atoms with Crippen LogP contribution < -0.4 is 0 Å². The van der Waals surface area contributed by atoms with Gasteiger partial charge < -0.3 is 28.4 Å². The summed E-state index contributed by atoms with van der Waals surface area (Å²) in [6, 6.07) is 41.1. The first-order valence-electron chi connectivity index (χ1n) is 15.6. The molecule has 0 radical (unpaired) electrons. The fourth-order valence-electron chi connectivity index (χ4n) is 5.78. The van der Waals surface area contributed by atoms with E-state index in [0.717, 1.165) is 35.3 Å². The first-order valence-corrected chi connectivity index (χ1v) is 15.6. The van der Waals surface area contributed by atoms with Crippen molar-refractivity contribution in [2.24, 2.45) is 5.92 Å². The van der Waals surface area contributed by atoms with E-state index in [1.165, 1.54) is 0 Å². The van der Waals surface area contributed by atoms with Crippen molar-refractivity contribution < 1.29 is 28.4 Å². The maximum Gasteiger partial charge on any atom is 0.113 e. The molecule has 2 fully saturated rings. The smallest absolute Gasteiger partial charge is 0.113 e. The first-order chi connectivity index (χ1) is 21.8. The van der Waals surface area contributed by atoms with Gasteiger partial charge in [-0.3, -0.25) is 0 Å². The molecule has 0 spiro atoms. The molecule has 1 heterocycles. The maximum atomic E-state index is 6.80. The number of hydrogen-bond acceptors (Lipinski definition) is 6. The monoisotopic (exact) mass is 594 g/mol. The lowest BCUT2D eigenvalue weighted by Gasteiger charge is -2.46. The van der Waals surface area contributed by atoms with Gasteiger partial charge in [-0.05, 0) is 28.7 Å². The van der Waals surface area contributed by atoms with Gasteiger partial charge in [-0.2, -0.15) is 0 Å². The van der Waals surface area contributed by atoms with Crippen molar-refractivity contribution in [2.75, 3.05) is 19.8 Å². The van der Waals surface area contributed by atoms with Gasteiger partial charge >= 0.3 is 0 Å². The van der Waals surface area contributed by atoms with Gasteiger partial charge in [0.2, 0.25) is 0 Å². The van der Waals surface area contributed by atoms with Crippen LogP contribution >= 0.6 is 0 Å². The molecule has 6 rings (SSSR count). The minimum atomic E-state index is -0.383. The van der Waals surface area contributed by atoms with E-state index in [4.69, 9.17) is 28.4 Å². The summed E-state index contributed by atoms with van der Waals surface area (Å²) in [5.74, 6) is 0.0323.